The van der Waals surface area contributed by atoms with Gasteiger partial charge in [-0.3, -0.25) is 0 Å². The van der Waals surface area contributed by atoms with Crippen LogP contribution >= 0.6 is 12.2 Å². The molecule has 0 aliphatic rings. The average molecular weight is 339 g/mol. The van der Waals surface area contributed by atoms with Crippen LogP contribution < -0.4 is 15.4 Å². The molecule has 4 nitrogen and oxygen atoms in total. The molecule has 0 atom stereocenters. The van der Waals surface area contributed by atoms with E-state index in [4.69, 9.17) is 22.2 Å². The van der Waals surface area contributed by atoms with Crippen molar-refractivity contribution in [3.05, 3.63) is 59.7 Å². The summed E-state index contributed by atoms with van der Waals surface area (Å²) < 4.78 is 5.69. The monoisotopic (exact) mass is 339 g/mol. The lowest BCUT2D eigenvalue weighted by Gasteiger charge is -2.13. The van der Waals surface area contributed by atoms with Gasteiger partial charge in [0.1, 0.15) is 5.75 Å². The second-order valence-electron chi connectivity index (χ2n) is 5.65. The van der Waals surface area contributed by atoms with Gasteiger partial charge in [-0.05, 0) is 61.5 Å². The number of benzene rings is 2. The largest absolute Gasteiger partial charge is 0.491 e. The summed E-state index contributed by atoms with van der Waals surface area (Å²) >= 11 is 5.32. The van der Waals surface area contributed by atoms with Crippen molar-refractivity contribution in [3.63, 3.8) is 0 Å². The van der Waals surface area contributed by atoms with E-state index in [0.29, 0.717) is 18.1 Å². The maximum absolute atomic E-state index is 8.67. The van der Waals surface area contributed by atoms with Crippen molar-refractivity contribution in [1.82, 2.24) is 5.32 Å². The average Bonchev–Trinajstić information content (AvgIpc) is 2.55. The lowest BCUT2D eigenvalue weighted by Crippen LogP contribution is -2.27. The van der Waals surface area contributed by atoms with Gasteiger partial charge in [-0.15, -0.1) is 0 Å². The molecule has 124 valence electrons. The van der Waals surface area contributed by atoms with Gasteiger partial charge < -0.3 is 15.4 Å². The minimum Gasteiger partial charge on any atom is -0.491 e. The Labute approximate surface area is 148 Å². The van der Waals surface area contributed by atoms with Gasteiger partial charge in [0.2, 0.25) is 0 Å². The molecule has 0 heterocycles. The van der Waals surface area contributed by atoms with Crippen molar-refractivity contribution in [2.45, 2.75) is 32.9 Å². The number of hydrogen-bond donors (Lipinski definition) is 2. The fraction of sp³-hybridized carbons (Fsp3) is 0.263. The maximum Gasteiger partial charge on any atom is 0.171 e. The summed E-state index contributed by atoms with van der Waals surface area (Å²) in [7, 11) is 0. The fourth-order valence-corrected chi connectivity index (χ4v) is 2.35. The molecule has 0 aromatic heterocycles. The predicted octanol–water partition coefficient (Wildman–Crippen LogP) is 4.03. The molecule has 0 amide bonds. The lowest BCUT2D eigenvalue weighted by molar-refractivity contribution is 0.242. The second-order valence-corrected chi connectivity index (χ2v) is 6.06. The number of ether oxygens (including phenoxy) is 1. The normalized spacial score (nSPS) is 10.1. The Morgan fingerprint density at radius 1 is 1.17 bits per heavy atom. The zero-order chi connectivity index (χ0) is 17.4. The molecular formula is C19H21N3OS. The van der Waals surface area contributed by atoms with Gasteiger partial charge in [0, 0.05) is 12.2 Å². The highest BCUT2D eigenvalue weighted by Crippen LogP contribution is 2.15. The fourth-order valence-electron chi connectivity index (χ4n) is 2.16. The number of nitrogens with zero attached hydrogens (tertiary/aromatic N) is 1. The van der Waals surface area contributed by atoms with E-state index >= 15 is 0 Å². The molecule has 0 saturated heterocycles. The maximum atomic E-state index is 8.67. The summed E-state index contributed by atoms with van der Waals surface area (Å²) in [6.45, 7) is 4.63. The van der Waals surface area contributed by atoms with E-state index in [9.17, 15) is 0 Å². The van der Waals surface area contributed by atoms with Crippen molar-refractivity contribution >= 4 is 23.0 Å². The van der Waals surface area contributed by atoms with Crippen molar-refractivity contribution in [3.8, 4) is 11.8 Å². The van der Waals surface area contributed by atoms with E-state index in [1.807, 2.05) is 62.4 Å². The minimum absolute atomic E-state index is 0.153. The highest BCUT2D eigenvalue weighted by molar-refractivity contribution is 7.80. The molecule has 5 heteroatoms. The van der Waals surface area contributed by atoms with E-state index in [1.54, 1.807) is 0 Å². The van der Waals surface area contributed by atoms with Gasteiger partial charge in [0.05, 0.1) is 18.6 Å². The van der Waals surface area contributed by atoms with Crippen molar-refractivity contribution in [2.24, 2.45) is 0 Å². The Morgan fingerprint density at radius 3 is 2.58 bits per heavy atom. The molecule has 2 rings (SSSR count). The van der Waals surface area contributed by atoms with Crippen LogP contribution in [0.15, 0.2) is 48.5 Å². The van der Waals surface area contributed by atoms with Crippen molar-refractivity contribution in [2.75, 3.05) is 5.32 Å². The first-order valence-electron chi connectivity index (χ1n) is 7.83. The van der Waals surface area contributed by atoms with Crippen LogP contribution in [0.3, 0.4) is 0 Å². The molecule has 2 N–H and O–H groups in total. The predicted molar refractivity (Wildman–Crippen MR) is 101 cm³/mol. The van der Waals surface area contributed by atoms with E-state index in [0.717, 1.165) is 22.6 Å². The standard InChI is InChI=1S/C19H21N3OS/c1-14(2)23-18-5-3-4-16(12-18)13-21-19(24)22-17-8-6-15(7-9-17)10-11-20/h3-9,12,14H,10,13H2,1-2H3,(H2,21,22,24). The van der Waals surface area contributed by atoms with Crippen molar-refractivity contribution < 1.29 is 4.74 Å². The van der Waals surface area contributed by atoms with Gasteiger partial charge >= 0.3 is 0 Å². The molecule has 0 saturated carbocycles. The highest BCUT2D eigenvalue weighted by Gasteiger charge is 2.02. The van der Waals surface area contributed by atoms with Crippen LogP contribution in [0.2, 0.25) is 0 Å². The molecular weight excluding hydrogens is 318 g/mol. The Hall–Kier alpha value is -2.58. The van der Waals surface area contributed by atoms with E-state index in [1.165, 1.54) is 0 Å². The van der Waals surface area contributed by atoms with Gasteiger partial charge in [0.25, 0.3) is 0 Å². The first-order valence-corrected chi connectivity index (χ1v) is 8.24. The number of thiocarbonyl (C=S) groups is 1. The van der Waals surface area contributed by atoms with Crippen LogP contribution in [0.25, 0.3) is 0 Å². The van der Waals surface area contributed by atoms with Crippen LogP contribution in [-0.4, -0.2) is 11.2 Å². The number of nitrogens with one attached hydrogen (secondary N) is 2. The lowest BCUT2D eigenvalue weighted by atomic mass is 10.1. The topological polar surface area (TPSA) is 57.1 Å². The molecule has 0 spiro atoms. The summed E-state index contributed by atoms with van der Waals surface area (Å²) in [5.74, 6) is 0.858. The first kappa shape index (κ1) is 17.8. The Bertz CT molecular complexity index is 720. The first-order chi connectivity index (χ1) is 11.6. The number of hydrogen-bond acceptors (Lipinski definition) is 3. The minimum atomic E-state index is 0.153. The van der Waals surface area contributed by atoms with Crippen LogP contribution in [0, 0.1) is 11.3 Å². The van der Waals surface area contributed by atoms with E-state index in [2.05, 4.69) is 16.7 Å². The Balaban J connectivity index is 1.85. The molecule has 2 aromatic rings. The highest BCUT2D eigenvalue weighted by atomic mass is 32.1. The molecule has 24 heavy (non-hydrogen) atoms. The number of nitriles is 1. The number of rotatable bonds is 6. The van der Waals surface area contributed by atoms with Gasteiger partial charge in [-0.25, -0.2) is 0 Å². The number of anilines is 1. The molecule has 0 bridgehead atoms. The zero-order valence-electron chi connectivity index (χ0n) is 13.9. The summed E-state index contributed by atoms with van der Waals surface area (Å²) in [6, 6.07) is 17.7. The quantitative estimate of drug-likeness (QED) is 0.778. The summed E-state index contributed by atoms with van der Waals surface area (Å²) in [6.07, 6.45) is 0.567. The van der Waals surface area contributed by atoms with Crippen molar-refractivity contribution in [1.29, 1.82) is 5.26 Å². The molecule has 0 radical (unpaired) electrons. The summed E-state index contributed by atoms with van der Waals surface area (Å²) in [5, 5.41) is 15.5. The van der Waals surface area contributed by atoms with Crippen LogP contribution in [0.5, 0.6) is 5.75 Å². The molecule has 0 unspecified atom stereocenters. The smallest absolute Gasteiger partial charge is 0.171 e. The summed E-state index contributed by atoms with van der Waals surface area (Å²) in [5.41, 5.74) is 2.98. The second kappa shape index (κ2) is 8.90. The SMILES string of the molecule is CC(C)Oc1cccc(CNC(=S)Nc2ccc(CC#N)cc2)c1. The van der Waals surface area contributed by atoms with E-state index < -0.39 is 0 Å². The van der Waals surface area contributed by atoms with E-state index in [-0.39, 0.29) is 6.10 Å². The van der Waals surface area contributed by atoms with Crippen LogP contribution in [0.4, 0.5) is 5.69 Å². The third-order valence-corrected chi connectivity index (χ3v) is 3.46. The zero-order valence-corrected chi connectivity index (χ0v) is 14.7. The van der Waals surface area contributed by atoms with Gasteiger partial charge in [0.15, 0.2) is 5.11 Å². The molecule has 0 fully saturated rings. The van der Waals surface area contributed by atoms with Gasteiger partial charge in [-0.2, -0.15) is 5.26 Å². The summed E-state index contributed by atoms with van der Waals surface area (Å²) in [4.78, 5) is 0. The third kappa shape index (κ3) is 5.90. The van der Waals surface area contributed by atoms with Gasteiger partial charge in [-0.1, -0.05) is 24.3 Å². The van der Waals surface area contributed by atoms with Crippen LogP contribution in [-0.2, 0) is 13.0 Å². The third-order valence-electron chi connectivity index (χ3n) is 3.22. The van der Waals surface area contributed by atoms with Crippen LogP contribution in [0.1, 0.15) is 25.0 Å². The molecule has 2 aromatic carbocycles. The molecule has 0 aliphatic heterocycles. The Morgan fingerprint density at radius 2 is 1.92 bits per heavy atom. The Kier molecular flexibility index (Phi) is 6.59. The molecule has 0 aliphatic carbocycles.